The molecule has 0 fully saturated rings. The van der Waals surface area contributed by atoms with Crippen molar-refractivity contribution >= 4 is 21.6 Å². The molecular formula is C22H19F3N2O3S. The Hall–Kier alpha value is -3.33. The number of benzene rings is 3. The van der Waals surface area contributed by atoms with Crippen molar-refractivity contribution in [2.45, 2.75) is 17.5 Å². The molecule has 3 rings (SSSR count). The Labute approximate surface area is 178 Å². The van der Waals surface area contributed by atoms with Crippen LogP contribution >= 0.6 is 0 Å². The van der Waals surface area contributed by atoms with E-state index in [1.54, 1.807) is 18.2 Å². The third-order valence-corrected chi connectivity index (χ3v) is 5.83. The summed E-state index contributed by atoms with van der Waals surface area (Å²) in [5, 5.41) is 2.69. The number of nitrogens with one attached hydrogen (secondary N) is 2. The Bertz CT molecular complexity index is 1130. The minimum Gasteiger partial charge on any atom is -0.352 e. The highest BCUT2D eigenvalue weighted by Gasteiger charge is 2.29. The monoisotopic (exact) mass is 448 g/mol. The van der Waals surface area contributed by atoms with Gasteiger partial charge in [0.1, 0.15) is 0 Å². The number of carbonyl (C=O) groups is 1. The molecule has 3 aromatic carbocycles. The van der Waals surface area contributed by atoms with Crippen LogP contribution in [0.4, 0.5) is 18.9 Å². The highest BCUT2D eigenvalue weighted by atomic mass is 32.2. The molecule has 0 bridgehead atoms. The highest BCUT2D eigenvalue weighted by molar-refractivity contribution is 7.92. The minimum atomic E-state index is -4.38. The lowest BCUT2D eigenvalue weighted by molar-refractivity contribution is -0.137. The van der Waals surface area contributed by atoms with Crippen LogP contribution in [0.15, 0.2) is 83.8 Å². The molecule has 0 unspecified atom stereocenters. The number of amides is 1. The van der Waals surface area contributed by atoms with Crippen LogP contribution in [0, 0.1) is 0 Å². The molecule has 3 aromatic rings. The number of carbonyl (C=O) groups excluding carboxylic acids is 1. The van der Waals surface area contributed by atoms with Crippen LogP contribution in [-0.2, 0) is 22.6 Å². The molecule has 162 valence electrons. The summed E-state index contributed by atoms with van der Waals surface area (Å²) >= 11 is 0. The number of halogens is 3. The maximum absolute atomic E-state index is 12.6. The molecule has 0 radical (unpaired) electrons. The van der Waals surface area contributed by atoms with Crippen LogP contribution in [0.5, 0.6) is 0 Å². The van der Waals surface area contributed by atoms with Crippen molar-refractivity contribution in [2.24, 2.45) is 0 Å². The topological polar surface area (TPSA) is 75.3 Å². The van der Waals surface area contributed by atoms with Crippen molar-refractivity contribution in [3.05, 3.63) is 95.6 Å². The van der Waals surface area contributed by atoms with Crippen LogP contribution in [0.1, 0.15) is 21.5 Å². The molecule has 31 heavy (non-hydrogen) atoms. The Morgan fingerprint density at radius 1 is 0.839 bits per heavy atom. The molecule has 0 atom stereocenters. The van der Waals surface area contributed by atoms with Crippen LogP contribution in [0.3, 0.4) is 0 Å². The van der Waals surface area contributed by atoms with E-state index in [1.165, 1.54) is 48.5 Å². The van der Waals surface area contributed by atoms with Crippen molar-refractivity contribution in [3.8, 4) is 0 Å². The van der Waals surface area contributed by atoms with Gasteiger partial charge in [-0.1, -0.05) is 30.3 Å². The lowest BCUT2D eigenvalue weighted by Gasteiger charge is -2.10. The van der Waals surface area contributed by atoms with Gasteiger partial charge in [-0.05, 0) is 60.5 Å². The van der Waals surface area contributed by atoms with Gasteiger partial charge in [0.2, 0.25) is 0 Å². The van der Waals surface area contributed by atoms with Crippen molar-refractivity contribution < 1.29 is 26.4 Å². The van der Waals surface area contributed by atoms with Gasteiger partial charge in [-0.15, -0.1) is 0 Å². The molecule has 5 nitrogen and oxygen atoms in total. The molecular weight excluding hydrogens is 429 g/mol. The van der Waals surface area contributed by atoms with E-state index in [-0.39, 0.29) is 17.3 Å². The van der Waals surface area contributed by atoms with Gasteiger partial charge in [0.05, 0.1) is 10.5 Å². The molecule has 0 aliphatic heterocycles. The van der Waals surface area contributed by atoms with Gasteiger partial charge in [-0.2, -0.15) is 13.2 Å². The molecule has 0 aliphatic rings. The maximum atomic E-state index is 12.6. The van der Waals surface area contributed by atoms with Gasteiger partial charge < -0.3 is 5.32 Å². The zero-order valence-corrected chi connectivity index (χ0v) is 17.0. The summed E-state index contributed by atoms with van der Waals surface area (Å²) in [6.07, 6.45) is -4.01. The van der Waals surface area contributed by atoms with E-state index in [0.29, 0.717) is 23.2 Å². The summed E-state index contributed by atoms with van der Waals surface area (Å²) in [6, 6.07) is 18.6. The predicted octanol–water partition coefficient (Wildman–Crippen LogP) is 4.48. The first-order valence-corrected chi connectivity index (χ1v) is 10.8. The van der Waals surface area contributed by atoms with Crippen molar-refractivity contribution in [1.82, 2.24) is 5.32 Å². The second kappa shape index (κ2) is 9.22. The van der Waals surface area contributed by atoms with Gasteiger partial charge >= 0.3 is 6.18 Å². The molecule has 0 saturated carbocycles. The third kappa shape index (κ3) is 6.08. The average Bonchev–Trinajstić information content (AvgIpc) is 2.74. The predicted molar refractivity (Wildman–Crippen MR) is 111 cm³/mol. The standard InChI is InChI=1S/C22H19F3N2O3S/c23-22(24,25)18-10-6-16(7-11-18)14-15-26-21(28)17-8-12-19(13-9-17)27-31(29,30)20-4-2-1-3-5-20/h1-13,27H,14-15H2,(H,26,28). The number of anilines is 1. The number of hydrogen-bond acceptors (Lipinski definition) is 3. The second-order valence-corrected chi connectivity index (χ2v) is 8.38. The van der Waals surface area contributed by atoms with E-state index < -0.39 is 21.8 Å². The smallest absolute Gasteiger partial charge is 0.352 e. The van der Waals surface area contributed by atoms with Crippen LogP contribution in [0.2, 0.25) is 0 Å². The molecule has 2 N–H and O–H groups in total. The van der Waals surface area contributed by atoms with Crippen molar-refractivity contribution in [2.75, 3.05) is 11.3 Å². The first-order chi connectivity index (χ1) is 14.6. The van der Waals surface area contributed by atoms with Crippen molar-refractivity contribution in [1.29, 1.82) is 0 Å². The highest BCUT2D eigenvalue weighted by Crippen LogP contribution is 2.29. The number of alkyl halides is 3. The van der Waals surface area contributed by atoms with Gasteiger partial charge in [-0.25, -0.2) is 8.42 Å². The molecule has 1 amide bonds. The van der Waals surface area contributed by atoms with E-state index in [4.69, 9.17) is 0 Å². The Morgan fingerprint density at radius 2 is 1.45 bits per heavy atom. The number of hydrogen-bond donors (Lipinski definition) is 2. The van der Waals surface area contributed by atoms with Gasteiger partial charge in [-0.3, -0.25) is 9.52 Å². The number of rotatable bonds is 7. The fourth-order valence-electron chi connectivity index (χ4n) is 2.79. The van der Waals surface area contributed by atoms with E-state index in [2.05, 4.69) is 10.0 Å². The molecule has 9 heteroatoms. The van der Waals surface area contributed by atoms with Crippen molar-refractivity contribution in [3.63, 3.8) is 0 Å². The Morgan fingerprint density at radius 3 is 2.03 bits per heavy atom. The van der Waals surface area contributed by atoms with E-state index in [9.17, 15) is 26.4 Å². The summed E-state index contributed by atoms with van der Waals surface area (Å²) in [4.78, 5) is 12.4. The second-order valence-electron chi connectivity index (χ2n) is 6.70. The lowest BCUT2D eigenvalue weighted by Crippen LogP contribution is -2.25. The zero-order valence-electron chi connectivity index (χ0n) is 16.2. The van der Waals surface area contributed by atoms with Crippen LogP contribution in [0.25, 0.3) is 0 Å². The normalized spacial score (nSPS) is 11.7. The van der Waals surface area contributed by atoms with E-state index in [0.717, 1.165) is 12.1 Å². The minimum absolute atomic E-state index is 0.125. The van der Waals surface area contributed by atoms with Gasteiger partial charge in [0, 0.05) is 17.8 Å². The van der Waals surface area contributed by atoms with Crippen LogP contribution in [-0.4, -0.2) is 20.9 Å². The fourth-order valence-corrected chi connectivity index (χ4v) is 3.87. The average molecular weight is 448 g/mol. The maximum Gasteiger partial charge on any atom is 0.416 e. The SMILES string of the molecule is O=C(NCCc1ccc(C(F)(F)F)cc1)c1ccc(NS(=O)(=O)c2ccccc2)cc1. The molecule has 0 aliphatic carbocycles. The van der Waals surface area contributed by atoms with Crippen LogP contribution < -0.4 is 10.0 Å². The summed E-state index contributed by atoms with van der Waals surface area (Å²) in [6.45, 7) is 0.243. The van der Waals surface area contributed by atoms with E-state index in [1.807, 2.05) is 0 Å². The first kappa shape index (κ1) is 22.4. The number of sulfonamides is 1. The lowest BCUT2D eigenvalue weighted by atomic mass is 10.1. The fraction of sp³-hybridized carbons (Fsp3) is 0.136. The molecule has 0 spiro atoms. The van der Waals surface area contributed by atoms with Gasteiger partial charge in [0.25, 0.3) is 15.9 Å². The summed E-state index contributed by atoms with van der Waals surface area (Å²) in [5.41, 5.74) is 0.586. The van der Waals surface area contributed by atoms with E-state index >= 15 is 0 Å². The first-order valence-electron chi connectivity index (χ1n) is 9.27. The quantitative estimate of drug-likeness (QED) is 0.560. The zero-order chi connectivity index (χ0) is 22.5. The molecule has 0 heterocycles. The summed E-state index contributed by atoms with van der Waals surface area (Å²) in [5.74, 6) is -0.371. The Kier molecular flexibility index (Phi) is 6.65. The summed E-state index contributed by atoms with van der Waals surface area (Å²) in [7, 11) is -3.72. The molecule has 0 aromatic heterocycles. The largest absolute Gasteiger partial charge is 0.416 e. The Balaban J connectivity index is 1.53. The summed E-state index contributed by atoms with van der Waals surface area (Å²) < 4.78 is 64.8. The van der Waals surface area contributed by atoms with Gasteiger partial charge in [0.15, 0.2) is 0 Å². The third-order valence-electron chi connectivity index (χ3n) is 4.43. The molecule has 0 saturated heterocycles.